The van der Waals surface area contributed by atoms with Gasteiger partial charge < -0.3 is 9.47 Å². The minimum Gasteiger partial charge on any atom is -0.497 e. The Hall–Kier alpha value is -1.77. The molecule has 0 N–H and O–H groups in total. The van der Waals surface area contributed by atoms with E-state index in [-0.39, 0.29) is 0 Å². The van der Waals surface area contributed by atoms with Crippen LogP contribution in [0.4, 0.5) is 0 Å². The van der Waals surface area contributed by atoms with Crippen molar-refractivity contribution in [2.75, 3.05) is 20.5 Å². The zero-order valence-electron chi connectivity index (χ0n) is 12.8. The number of hydrogen-bond acceptors (Lipinski definition) is 5. The normalized spacial score (nSPS) is 10.1. The molecule has 0 radical (unpaired) electrons. The molecular weight excluding hydrogens is 314 g/mol. The SMILES string of the molecule is COc1cc(OC)cc(Sc2ccc(SC)cc2CC#N)c1. The molecule has 0 heterocycles. The summed E-state index contributed by atoms with van der Waals surface area (Å²) in [6.07, 6.45) is 2.43. The highest BCUT2D eigenvalue weighted by atomic mass is 32.2. The number of nitrogens with zero attached hydrogens (tertiary/aromatic N) is 1. The summed E-state index contributed by atoms with van der Waals surface area (Å²) >= 11 is 3.29. The number of nitriles is 1. The molecule has 5 heteroatoms. The first-order valence-electron chi connectivity index (χ1n) is 6.65. The second-order valence-electron chi connectivity index (χ2n) is 4.46. The highest BCUT2D eigenvalue weighted by molar-refractivity contribution is 7.99. The predicted octanol–water partition coefficient (Wildman–Crippen LogP) is 4.64. The summed E-state index contributed by atoms with van der Waals surface area (Å²) in [4.78, 5) is 3.26. The highest BCUT2D eigenvalue weighted by Crippen LogP contribution is 2.36. The van der Waals surface area contributed by atoms with Crippen LogP contribution in [0.5, 0.6) is 11.5 Å². The maximum absolute atomic E-state index is 9.03. The maximum Gasteiger partial charge on any atom is 0.123 e. The van der Waals surface area contributed by atoms with Crippen molar-refractivity contribution in [2.24, 2.45) is 0 Å². The van der Waals surface area contributed by atoms with Crippen molar-refractivity contribution in [1.82, 2.24) is 0 Å². The van der Waals surface area contributed by atoms with Crippen LogP contribution in [0.2, 0.25) is 0 Å². The summed E-state index contributed by atoms with van der Waals surface area (Å²) < 4.78 is 10.6. The lowest BCUT2D eigenvalue weighted by Crippen LogP contribution is -1.90. The summed E-state index contributed by atoms with van der Waals surface area (Å²) in [6, 6.07) is 14.2. The average molecular weight is 331 g/mol. The molecule has 0 aliphatic rings. The van der Waals surface area contributed by atoms with E-state index in [1.165, 1.54) is 0 Å². The van der Waals surface area contributed by atoms with Crippen molar-refractivity contribution in [2.45, 2.75) is 21.1 Å². The molecule has 0 spiro atoms. The topological polar surface area (TPSA) is 42.2 Å². The summed E-state index contributed by atoms with van der Waals surface area (Å²) in [5.41, 5.74) is 1.04. The molecule has 2 aromatic carbocycles. The first kappa shape index (κ1) is 16.6. The molecular formula is C17H17NO2S2. The van der Waals surface area contributed by atoms with E-state index < -0.39 is 0 Å². The van der Waals surface area contributed by atoms with Crippen LogP contribution < -0.4 is 9.47 Å². The molecule has 0 amide bonds. The lowest BCUT2D eigenvalue weighted by molar-refractivity contribution is 0.392. The van der Waals surface area contributed by atoms with E-state index in [1.54, 1.807) is 37.7 Å². The Morgan fingerprint density at radius 1 is 1.00 bits per heavy atom. The van der Waals surface area contributed by atoms with Gasteiger partial charge in [0.1, 0.15) is 11.5 Å². The van der Waals surface area contributed by atoms with E-state index in [2.05, 4.69) is 24.3 Å². The van der Waals surface area contributed by atoms with E-state index in [0.29, 0.717) is 6.42 Å². The van der Waals surface area contributed by atoms with Crippen molar-refractivity contribution in [3.05, 3.63) is 42.0 Å². The van der Waals surface area contributed by atoms with Gasteiger partial charge in [-0.3, -0.25) is 0 Å². The molecule has 2 aromatic rings. The van der Waals surface area contributed by atoms with Crippen molar-refractivity contribution in [1.29, 1.82) is 5.26 Å². The van der Waals surface area contributed by atoms with Crippen molar-refractivity contribution in [3.8, 4) is 17.6 Å². The third-order valence-corrected chi connectivity index (χ3v) is 4.90. The number of benzene rings is 2. The smallest absolute Gasteiger partial charge is 0.123 e. The Balaban J connectivity index is 2.36. The monoisotopic (exact) mass is 331 g/mol. The molecule has 0 unspecified atom stereocenters. The molecule has 114 valence electrons. The zero-order chi connectivity index (χ0) is 15.9. The van der Waals surface area contributed by atoms with E-state index in [9.17, 15) is 0 Å². The Morgan fingerprint density at radius 2 is 1.68 bits per heavy atom. The van der Waals surface area contributed by atoms with Gasteiger partial charge in [0.25, 0.3) is 0 Å². The van der Waals surface area contributed by atoms with Gasteiger partial charge in [-0.25, -0.2) is 0 Å². The Kier molecular flexibility index (Phi) is 6.05. The van der Waals surface area contributed by atoms with E-state index in [0.717, 1.165) is 31.7 Å². The van der Waals surface area contributed by atoms with Gasteiger partial charge in [0, 0.05) is 20.8 Å². The van der Waals surface area contributed by atoms with Crippen LogP contribution in [0.15, 0.2) is 51.1 Å². The molecule has 2 rings (SSSR count). The van der Waals surface area contributed by atoms with Gasteiger partial charge in [-0.1, -0.05) is 11.8 Å². The highest BCUT2D eigenvalue weighted by Gasteiger charge is 2.08. The van der Waals surface area contributed by atoms with Crippen LogP contribution in [0, 0.1) is 11.3 Å². The fraction of sp³-hybridized carbons (Fsp3) is 0.235. The van der Waals surface area contributed by atoms with Crippen LogP contribution in [-0.4, -0.2) is 20.5 Å². The third kappa shape index (κ3) is 4.12. The molecule has 22 heavy (non-hydrogen) atoms. The number of thioether (sulfide) groups is 1. The standard InChI is InChI=1S/C17H17NO2S2/c1-19-13-9-14(20-2)11-16(10-13)22-17-5-4-15(21-3)8-12(17)6-7-18/h4-5,8-11H,6H2,1-3H3. The second kappa shape index (κ2) is 8.02. The molecule has 0 atom stereocenters. The van der Waals surface area contributed by atoms with Gasteiger partial charge in [-0.05, 0) is 42.2 Å². The summed E-state index contributed by atoms with van der Waals surface area (Å²) in [6.45, 7) is 0. The van der Waals surface area contributed by atoms with Gasteiger partial charge in [0.15, 0.2) is 0 Å². The Morgan fingerprint density at radius 3 is 2.23 bits per heavy atom. The molecule has 0 aliphatic carbocycles. The zero-order valence-corrected chi connectivity index (χ0v) is 14.4. The first-order valence-corrected chi connectivity index (χ1v) is 8.69. The van der Waals surface area contributed by atoms with Gasteiger partial charge in [-0.15, -0.1) is 11.8 Å². The van der Waals surface area contributed by atoms with E-state index in [4.69, 9.17) is 14.7 Å². The number of rotatable bonds is 6. The van der Waals surface area contributed by atoms with Gasteiger partial charge in [-0.2, -0.15) is 5.26 Å². The van der Waals surface area contributed by atoms with Gasteiger partial charge in [0.05, 0.1) is 26.7 Å². The fourth-order valence-electron chi connectivity index (χ4n) is 1.97. The minimum atomic E-state index is 0.401. The van der Waals surface area contributed by atoms with Gasteiger partial charge >= 0.3 is 0 Å². The van der Waals surface area contributed by atoms with Crippen LogP contribution in [-0.2, 0) is 6.42 Å². The summed E-state index contributed by atoms with van der Waals surface area (Å²) in [7, 11) is 3.27. The van der Waals surface area contributed by atoms with Crippen molar-refractivity contribution < 1.29 is 9.47 Å². The van der Waals surface area contributed by atoms with Crippen LogP contribution in [0.1, 0.15) is 5.56 Å². The quantitative estimate of drug-likeness (QED) is 0.721. The van der Waals surface area contributed by atoms with Gasteiger partial charge in [0.2, 0.25) is 0 Å². The van der Waals surface area contributed by atoms with E-state index in [1.807, 2.05) is 24.5 Å². The number of ether oxygens (including phenoxy) is 2. The van der Waals surface area contributed by atoms with Crippen LogP contribution in [0.3, 0.4) is 0 Å². The van der Waals surface area contributed by atoms with E-state index >= 15 is 0 Å². The number of methoxy groups -OCH3 is 2. The second-order valence-corrected chi connectivity index (χ2v) is 6.45. The van der Waals surface area contributed by atoms with Crippen LogP contribution in [0.25, 0.3) is 0 Å². The fourth-order valence-corrected chi connectivity index (χ4v) is 3.44. The number of hydrogen-bond donors (Lipinski definition) is 0. The Labute approximate surface area is 139 Å². The molecule has 0 aromatic heterocycles. The largest absolute Gasteiger partial charge is 0.497 e. The predicted molar refractivity (Wildman–Crippen MR) is 91.2 cm³/mol. The minimum absolute atomic E-state index is 0.401. The lowest BCUT2D eigenvalue weighted by Gasteiger charge is -2.11. The van der Waals surface area contributed by atoms with Crippen molar-refractivity contribution >= 4 is 23.5 Å². The molecule has 0 fully saturated rings. The third-order valence-electron chi connectivity index (χ3n) is 3.09. The van der Waals surface area contributed by atoms with Crippen molar-refractivity contribution in [3.63, 3.8) is 0 Å². The molecule has 3 nitrogen and oxygen atoms in total. The Bertz CT molecular complexity index is 673. The maximum atomic E-state index is 9.03. The summed E-state index contributed by atoms with van der Waals surface area (Å²) in [5, 5.41) is 9.03. The molecule has 0 aliphatic heterocycles. The van der Waals surface area contributed by atoms with Crippen LogP contribution >= 0.6 is 23.5 Å². The summed E-state index contributed by atoms with van der Waals surface area (Å²) in [5.74, 6) is 1.51. The first-order chi connectivity index (χ1) is 10.7. The molecule has 0 saturated carbocycles. The molecule has 0 saturated heterocycles. The lowest BCUT2D eigenvalue weighted by atomic mass is 10.2. The molecule has 0 bridgehead atoms. The average Bonchev–Trinajstić information content (AvgIpc) is 2.56.